The summed E-state index contributed by atoms with van der Waals surface area (Å²) in [6.45, 7) is 8.91. The van der Waals surface area contributed by atoms with Crippen molar-refractivity contribution in [3.8, 4) is 0 Å². The second kappa shape index (κ2) is 7.06. The van der Waals surface area contributed by atoms with Crippen molar-refractivity contribution in [2.75, 3.05) is 36.5 Å². The van der Waals surface area contributed by atoms with Crippen LogP contribution in [0.1, 0.15) is 25.8 Å². The van der Waals surface area contributed by atoms with Crippen LogP contribution in [-0.4, -0.2) is 41.3 Å². The van der Waals surface area contributed by atoms with Gasteiger partial charge in [-0.15, -0.1) is 0 Å². The standard InChI is InChI=1S/C12H22N4O/c1-4-13-11-10(3)12(15-9-14-11)16(5-2)7-6-8-17/h9,17H,4-8H2,1-3H3,(H,13,14,15). The number of hydrogen-bond acceptors (Lipinski definition) is 5. The van der Waals surface area contributed by atoms with E-state index < -0.39 is 0 Å². The van der Waals surface area contributed by atoms with Crippen LogP contribution in [0.4, 0.5) is 11.6 Å². The predicted molar refractivity (Wildman–Crippen MR) is 70.5 cm³/mol. The van der Waals surface area contributed by atoms with Crippen LogP contribution in [0.25, 0.3) is 0 Å². The fourth-order valence-corrected chi connectivity index (χ4v) is 1.78. The Bertz CT molecular complexity index is 343. The van der Waals surface area contributed by atoms with Crippen molar-refractivity contribution in [3.05, 3.63) is 11.9 Å². The first-order valence-electron chi connectivity index (χ1n) is 6.15. The molecule has 96 valence electrons. The van der Waals surface area contributed by atoms with E-state index in [1.165, 1.54) is 0 Å². The number of rotatable bonds is 7. The lowest BCUT2D eigenvalue weighted by atomic mass is 10.2. The van der Waals surface area contributed by atoms with Gasteiger partial charge in [-0.1, -0.05) is 0 Å². The van der Waals surface area contributed by atoms with Crippen molar-refractivity contribution in [2.45, 2.75) is 27.2 Å². The summed E-state index contributed by atoms with van der Waals surface area (Å²) in [5.74, 6) is 1.84. The summed E-state index contributed by atoms with van der Waals surface area (Å²) in [5, 5.41) is 12.1. The topological polar surface area (TPSA) is 61.3 Å². The maximum absolute atomic E-state index is 8.89. The third-order valence-corrected chi connectivity index (χ3v) is 2.67. The summed E-state index contributed by atoms with van der Waals surface area (Å²) in [4.78, 5) is 10.7. The van der Waals surface area contributed by atoms with Crippen LogP contribution in [0.3, 0.4) is 0 Å². The SMILES string of the molecule is CCNc1ncnc(N(CC)CCCO)c1C. The first-order chi connectivity index (χ1) is 8.24. The summed E-state index contributed by atoms with van der Waals surface area (Å²) in [5.41, 5.74) is 1.06. The molecule has 0 aliphatic rings. The Kier molecular flexibility index (Phi) is 5.69. The lowest BCUT2D eigenvalue weighted by Crippen LogP contribution is -2.27. The molecule has 1 aromatic rings. The monoisotopic (exact) mass is 238 g/mol. The van der Waals surface area contributed by atoms with Gasteiger partial charge < -0.3 is 15.3 Å². The molecule has 0 spiro atoms. The van der Waals surface area contributed by atoms with Gasteiger partial charge in [-0.05, 0) is 27.2 Å². The average Bonchev–Trinajstić information content (AvgIpc) is 2.34. The number of aliphatic hydroxyl groups excluding tert-OH is 1. The Hall–Kier alpha value is -1.36. The van der Waals surface area contributed by atoms with E-state index >= 15 is 0 Å². The minimum Gasteiger partial charge on any atom is -0.396 e. The van der Waals surface area contributed by atoms with Gasteiger partial charge >= 0.3 is 0 Å². The molecule has 0 aliphatic heterocycles. The molecule has 2 N–H and O–H groups in total. The normalized spacial score (nSPS) is 10.4. The highest BCUT2D eigenvalue weighted by atomic mass is 16.3. The average molecular weight is 238 g/mol. The van der Waals surface area contributed by atoms with Crippen molar-refractivity contribution in [3.63, 3.8) is 0 Å². The molecule has 1 rings (SSSR count). The van der Waals surface area contributed by atoms with Gasteiger partial charge in [0.05, 0.1) is 0 Å². The van der Waals surface area contributed by atoms with Gasteiger partial charge in [0.15, 0.2) is 0 Å². The second-order valence-corrected chi connectivity index (χ2v) is 3.86. The molecule has 0 radical (unpaired) electrons. The minimum atomic E-state index is 0.209. The Morgan fingerprint density at radius 1 is 1.35 bits per heavy atom. The predicted octanol–water partition coefficient (Wildman–Crippen LogP) is 1.43. The van der Waals surface area contributed by atoms with E-state index in [2.05, 4.69) is 27.1 Å². The highest BCUT2D eigenvalue weighted by Gasteiger charge is 2.11. The molecule has 0 unspecified atom stereocenters. The Morgan fingerprint density at radius 3 is 2.71 bits per heavy atom. The molecule has 1 heterocycles. The smallest absolute Gasteiger partial charge is 0.137 e. The molecule has 0 saturated carbocycles. The van der Waals surface area contributed by atoms with Crippen LogP contribution in [0.15, 0.2) is 6.33 Å². The zero-order valence-electron chi connectivity index (χ0n) is 10.9. The number of hydrogen-bond donors (Lipinski definition) is 2. The van der Waals surface area contributed by atoms with E-state index in [1.54, 1.807) is 6.33 Å². The molecule has 5 heteroatoms. The number of anilines is 2. The molecule has 0 aliphatic carbocycles. The Morgan fingerprint density at radius 2 is 2.12 bits per heavy atom. The van der Waals surface area contributed by atoms with E-state index in [4.69, 9.17) is 5.11 Å². The molecule has 0 fully saturated rings. The van der Waals surface area contributed by atoms with E-state index in [0.717, 1.165) is 43.3 Å². The van der Waals surface area contributed by atoms with Crippen molar-refractivity contribution in [1.82, 2.24) is 9.97 Å². The maximum atomic E-state index is 8.89. The largest absolute Gasteiger partial charge is 0.396 e. The lowest BCUT2D eigenvalue weighted by molar-refractivity contribution is 0.289. The van der Waals surface area contributed by atoms with Crippen LogP contribution < -0.4 is 10.2 Å². The van der Waals surface area contributed by atoms with Gasteiger partial charge in [0, 0.05) is 31.8 Å². The molecule has 1 aromatic heterocycles. The summed E-state index contributed by atoms with van der Waals surface area (Å²) >= 11 is 0. The molecular weight excluding hydrogens is 216 g/mol. The summed E-state index contributed by atoms with van der Waals surface area (Å²) in [6.07, 6.45) is 2.34. The van der Waals surface area contributed by atoms with Gasteiger partial charge in [-0.2, -0.15) is 0 Å². The van der Waals surface area contributed by atoms with Gasteiger partial charge in [0.1, 0.15) is 18.0 Å². The van der Waals surface area contributed by atoms with Crippen molar-refractivity contribution in [1.29, 1.82) is 0 Å². The van der Waals surface area contributed by atoms with Crippen molar-refractivity contribution >= 4 is 11.6 Å². The molecule has 5 nitrogen and oxygen atoms in total. The summed E-state index contributed by atoms with van der Waals surface area (Å²) in [7, 11) is 0. The molecule has 0 atom stereocenters. The fraction of sp³-hybridized carbons (Fsp3) is 0.667. The van der Waals surface area contributed by atoms with Gasteiger partial charge in [0.2, 0.25) is 0 Å². The van der Waals surface area contributed by atoms with Crippen molar-refractivity contribution < 1.29 is 5.11 Å². The lowest BCUT2D eigenvalue weighted by Gasteiger charge is -2.24. The first-order valence-corrected chi connectivity index (χ1v) is 6.15. The molecule has 0 saturated heterocycles. The number of nitrogens with one attached hydrogen (secondary N) is 1. The van der Waals surface area contributed by atoms with Gasteiger partial charge in [0.25, 0.3) is 0 Å². The maximum Gasteiger partial charge on any atom is 0.137 e. The van der Waals surface area contributed by atoms with E-state index in [0.29, 0.717) is 0 Å². The third-order valence-electron chi connectivity index (χ3n) is 2.67. The number of nitrogens with zero attached hydrogens (tertiary/aromatic N) is 3. The Labute approximate surface area is 103 Å². The number of aromatic nitrogens is 2. The summed E-state index contributed by atoms with van der Waals surface area (Å²) < 4.78 is 0. The summed E-state index contributed by atoms with van der Waals surface area (Å²) in [6, 6.07) is 0. The number of aliphatic hydroxyl groups is 1. The van der Waals surface area contributed by atoms with Gasteiger partial charge in [-0.3, -0.25) is 0 Å². The zero-order valence-corrected chi connectivity index (χ0v) is 10.9. The zero-order chi connectivity index (χ0) is 12.7. The van der Waals surface area contributed by atoms with Crippen LogP contribution in [0.5, 0.6) is 0 Å². The molecule has 0 bridgehead atoms. The Balaban J connectivity index is 2.90. The van der Waals surface area contributed by atoms with Crippen LogP contribution >= 0.6 is 0 Å². The first kappa shape index (κ1) is 13.7. The van der Waals surface area contributed by atoms with Crippen LogP contribution in [0.2, 0.25) is 0 Å². The van der Waals surface area contributed by atoms with Crippen LogP contribution in [0, 0.1) is 6.92 Å². The highest BCUT2D eigenvalue weighted by molar-refractivity contribution is 5.57. The molecule has 0 aromatic carbocycles. The van der Waals surface area contributed by atoms with Crippen molar-refractivity contribution in [2.24, 2.45) is 0 Å². The minimum absolute atomic E-state index is 0.209. The van der Waals surface area contributed by atoms with E-state index in [-0.39, 0.29) is 6.61 Å². The molecule has 17 heavy (non-hydrogen) atoms. The second-order valence-electron chi connectivity index (χ2n) is 3.86. The van der Waals surface area contributed by atoms with E-state index in [1.807, 2.05) is 13.8 Å². The molecular formula is C12H22N4O. The van der Waals surface area contributed by atoms with Crippen LogP contribution in [-0.2, 0) is 0 Å². The third kappa shape index (κ3) is 3.56. The molecule has 0 amide bonds. The highest BCUT2D eigenvalue weighted by Crippen LogP contribution is 2.21. The fourth-order valence-electron chi connectivity index (χ4n) is 1.78. The van der Waals surface area contributed by atoms with Gasteiger partial charge in [-0.25, -0.2) is 9.97 Å². The quantitative estimate of drug-likeness (QED) is 0.752. The van der Waals surface area contributed by atoms with E-state index in [9.17, 15) is 0 Å².